The molecule has 2 heterocycles. The topological polar surface area (TPSA) is 61.3 Å². The maximum atomic E-state index is 9.84. The number of fused-ring (bicyclic) bond motifs is 1. The van der Waals surface area contributed by atoms with Crippen LogP contribution >= 0.6 is 11.6 Å². The fraction of sp³-hybridized carbons (Fsp3) is 0.304. The predicted octanol–water partition coefficient (Wildman–Crippen LogP) is 5.05. The minimum absolute atomic E-state index is 0.438. The first-order valence-corrected chi connectivity index (χ1v) is 10.3. The van der Waals surface area contributed by atoms with Gasteiger partial charge >= 0.3 is 0 Å². The molecule has 1 aromatic heterocycles. The third-order valence-corrected chi connectivity index (χ3v) is 5.49. The van der Waals surface area contributed by atoms with Gasteiger partial charge in [0.05, 0.1) is 6.10 Å². The zero-order valence-corrected chi connectivity index (χ0v) is 17.4. The molecule has 0 saturated carbocycles. The minimum atomic E-state index is -0.438. The Morgan fingerprint density at radius 3 is 2.76 bits per heavy atom. The molecule has 4 rings (SSSR count). The molecule has 2 N–H and O–H groups in total. The summed E-state index contributed by atoms with van der Waals surface area (Å²) >= 11 is 6.10. The summed E-state index contributed by atoms with van der Waals surface area (Å²) in [5, 5.41) is 13.8. The zero-order chi connectivity index (χ0) is 20.4. The lowest BCUT2D eigenvalue weighted by molar-refractivity contribution is 0.199. The minimum Gasteiger partial charge on any atom is -0.389 e. The van der Waals surface area contributed by atoms with E-state index in [1.807, 2.05) is 30.3 Å². The average molecular weight is 409 g/mol. The SMILES string of the molecule is CCc1cc(N2CCc3cc([C@H](C)O)ccc3C2)nc(Nc2cccc(Cl)c2)n1. The number of rotatable bonds is 5. The van der Waals surface area contributed by atoms with E-state index < -0.39 is 6.10 Å². The van der Waals surface area contributed by atoms with E-state index >= 15 is 0 Å². The molecule has 150 valence electrons. The summed E-state index contributed by atoms with van der Waals surface area (Å²) in [5.41, 5.74) is 5.42. The van der Waals surface area contributed by atoms with Gasteiger partial charge in [0.2, 0.25) is 5.95 Å². The fourth-order valence-corrected chi connectivity index (χ4v) is 3.80. The molecule has 1 aliphatic rings. The molecule has 5 nitrogen and oxygen atoms in total. The molecule has 0 aliphatic carbocycles. The largest absolute Gasteiger partial charge is 0.389 e. The molecule has 0 spiro atoms. The second-order valence-electron chi connectivity index (χ2n) is 7.41. The second kappa shape index (κ2) is 8.39. The van der Waals surface area contributed by atoms with Crippen molar-refractivity contribution in [3.63, 3.8) is 0 Å². The number of aryl methyl sites for hydroxylation is 1. The molecule has 1 aliphatic heterocycles. The van der Waals surface area contributed by atoms with Gasteiger partial charge < -0.3 is 15.3 Å². The van der Waals surface area contributed by atoms with Crippen molar-refractivity contribution >= 4 is 29.1 Å². The molecule has 6 heteroatoms. The van der Waals surface area contributed by atoms with Gasteiger partial charge in [0.15, 0.2) is 0 Å². The Hall–Kier alpha value is -2.63. The predicted molar refractivity (Wildman–Crippen MR) is 118 cm³/mol. The molecule has 1 atom stereocenters. The van der Waals surface area contributed by atoms with Crippen LogP contribution in [0.4, 0.5) is 17.5 Å². The van der Waals surface area contributed by atoms with Gasteiger partial charge in [0.25, 0.3) is 0 Å². The van der Waals surface area contributed by atoms with E-state index in [2.05, 4.69) is 40.3 Å². The number of aliphatic hydroxyl groups is 1. The molecule has 29 heavy (non-hydrogen) atoms. The van der Waals surface area contributed by atoms with E-state index in [9.17, 15) is 5.11 Å². The van der Waals surface area contributed by atoms with Crippen LogP contribution in [0.15, 0.2) is 48.5 Å². The van der Waals surface area contributed by atoms with Crippen LogP contribution < -0.4 is 10.2 Å². The van der Waals surface area contributed by atoms with Crippen molar-refractivity contribution in [2.24, 2.45) is 0 Å². The molecule has 0 unspecified atom stereocenters. The Balaban J connectivity index is 1.59. The van der Waals surface area contributed by atoms with Gasteiger partial charge in [-0.3, -0.25) is 0 Å². The lowest BCUT2D eigenvalue weighted by atomic mass is 9.96. The van der Waals surface area contributed by atoms with Crippen LogP contribution in [0.25, 0.3) is 0 Å². The Bertz CT molecular complexity index is 1020. The summed E-state index contributed by atoms with van der Waals surface area (Å²) in [4.78, 5) is 11.7. The van der Waals surface area contributed by atoms with Crippen molar-refractivity contribution < 1.29 is 5.11 Å². The highest BCUT2D eigenvalue weighted by molar-refractivity contribution is 6.30. The molecule has 0 fully saturated rings. The van der Waals surface area contributed by atoms with Gasteiger partial charge in [-0.2, -0.15) is 4.98 Å². The standard InChI is InChI=1S/C23H25ClN4O/c1-3-20-13-22(27-23(25-20)26-21-6-4-5-19(24)12-21)28-10-9-17-11-16(15(2)29)7-8-18(17)14-28/h4-8,11-13,15,29H,3,9-10,14H2,1-2H3,(H,25,26,27)/t15-/m0/s1. The maximum Gasteiger partial charge on any atom is 0.229 e. The number of aliphatic hydroxyl groups excluding tert-OH is 1. The van der Waals surface area contributed by atoms with Crippen molar-refractivity contribution in [3.05, 3.63) is 75.9 Å². The van der Waals surface area contributed by atoms with E-state index in [1.54, 1.807) is 6.92 Å². The first kappa shape index (κ1) is 19.7. The summed E-state index contributed by atoms with van der Waals surface area (Å²) in [6.07, 6.45) is 1.33. The van der Waals surface area contributed by atoms with Gasteiger partial charge in [0, 0.05) is 35.6 Å². The normalized spacial score (nSPS) is 14.4. The van der Waals surface area contributed by atoms with Crippen molar-refractivity contribution in [2.45, 2.75) is 39.3 Å². The Morgan fingerprint density at radius 2 is 2.00 bits per heavy atom. The Kier molecular flexibility index (Phi) is 5.69. The Labute approximate surface area is 176 Å². The molecule has 0 amide bonds. The quantitative estimate of drug-likeness (QED) is 0.618. The van der Waals surface area contributed by atoms with Crippen LogP contribution in [-0.4, -0.2) is 21.6 Å². The summed E-state index contributed by atoms with van der Waals surface area (Å²) < 4.78 is 0. The number of benzene rings is 2. The van der Waals surface area contributed by atoms with Crippen LogP contribution in [0, 0.1) is 0 Å². The molecule has 0 saturated heterocycles. The molecular formula is C23H25ClN4O. The van der Waals surface area contributed by atoms with Gasteiger partial charge in [-0.05, 0) is 54.7 Å². The van der Waals surface area contributed by atoms with Crippen LogP contribution in [-0.2, 0) is 19.4 Å². The molecule has 2 aromatic carbocycles. The number of nitrogens with one attached hydrogen (secondary N) is 1. The molecule has 0 radical (unpaired) electrons. The number of anilines is 3. The third kappa shape index (κ3) is 4.52. The highest BCUT2D eigenvalue weighted by atomic mass is 35.5. The fourth-order valence-electron chi connectivity index (χ4n) is 3.61. The van der Waals surface area contributed by atoms with Crippen LogP contribution in [0.5, 0.6) is 0 Å². The van der Waals surface area contributed by atoms with E-state index in [-0.39, 0.29) is 0 Å². The summed E-state index contributed by atoms with van der Waals surface area (Å²) in [6.45, 7) is 5.58. The van der Waals surface area contributed by atoms with Crippen LogP contribution in [0.2, 0.25) is 5.02 Å². The van der Waals surface area contributed by atoms with Crippen molar-refractivity contribution in [3.8, 4) is 0 Å². The number of hydrogen-bond acceptors (Lipinski definition) is 5. The first-order chi connectivity index (χ1) is 14.0. The lowest BCUT2D eigenvalue weighted by Crippen LogP contribution is -2.31. The van der Waals surface area contributed by atoms with Gasteiger partial charge in [-0.15, -0.1) is 0 Å². The number of hydrogen-bond donors (Lipinski definition) is 2. The molecule has 3 aromatic rings. The molecule has 0 bridgehead atoms. The monoisotopic (exact) mass is 408 g/mol. The Morgan fingerprint density at radius 1 is 1.14 bits per heavy atom. The number of halogens is 1. The van der Waals surface area contributed by atoms with Crippen LogP contribution in [0.1, 0.15) is 42.3 Å². The van der Waals surface area contributed by atoms with Crippen molar-refractivity contribution in [1.82, 2.24) is 9.97 Å². The van der Waals surface area contributed by atoms with E-state index in [0.717, 1.165) is 48.7 Å². The van der Waals surface area contributed by atoms with E-state index in [0.29, 0.717) is 11.0 Å². The summed E-state index contributed by atoms with van der Waals surface area (Å²) in [5.74, 6) is 1.50. The third-order valence-electron chi connectivity index (χ3n) is 5.26. The van der Waals surface area contributed by atoms with E-state index in [4.69, 9.17) is 16.6 Å². The molecular weight excluding hydrogens is 384 g/mol. The summed E-state index contributed by atoms with van der Waals surface area (Å²) in [7, 11) is 0. The number of nitrogens with zero attached hydrogens (tertiary/aromatic N) is 3. The van der Waals surface area contributed by atoms with Crippen molar-refractivity contribution in [1.29, 1.82) is 0 Å². The first-order valence-electron chi connectivity index (χ1n) is 9.97. The van der Waals surface area contributed by atoms with E-state index in [1.165, 1.54) is 11.1 Å². The second-order valence-corrected chi connectivity index (χ2v) is 7.84. The number of aromatic nitrogens is 2. The van der Waals surface area contributed by atoms with Gasteiger partial charge in [-0.1, -0.05) is 42.8 Å². The smallest absolute Gasteiger partial charge is 0.229 e. The average Bonchev–Trinajstić information content (AvgIpc) is 2.72. The van der Waals surface area contributed by atoms with Gasteiger partial charge in [0.1, 0.15) is 5.82 Å². The summed E-state index contributed by atoms with van der Waals surface area (Å²) in [6, 6.07) is 15.9. The van der Waals surface area contributed by atoms with Crippen LogP contribution in [0.3, 0.4) is 0 Å². The zero-order valence-electron chi connectivity index (χ0n) is 16.7. The van der Waals surface area contributed by atoms with Crippen molar-refractivity contribution in [2.75, 3.05) is 16.8 Å². The van der Waals surface area contributed by atoms with Gasteiger partial charge in [-0.25, -0.2) is 4.98 Å². The lowest BCUT2D eigenvalue weighted by Gasteiger charge is -2.30. The maximum absolute atomic E-state index is 9.84. The highest BCUT2D eigenvalue weighted by Gasteiger charge is 2.20. The highest BCUT2D eigenvalue weighted by Crippen LogP contribution is 2.27.